The summed E-state index contributed by atoms with van der Waals surface area (Å²) in [7, 11) is 0. The molecular formula is C13H18N4OS. The Morgan fingerprint density at radius 2 is 2.11 bits per heavy atom. The van der Waals surface area contributed by atoms with Crippen molar-refractivity contribution in [1.82, 2.24) is 9.97 Å². The van der Waals surface area contributed by atoms with E-state index in [4.69, 9.17) is 22.7 Å². The molecule has 6 heteroatoms. The van der Waals surface area contributed by atoms with E-state index in [1.54, 1.807) is 12.4 Å². The van der Waals surface area contributed by atoms with Crippen LogP contribution in [-0.4, -0.2) is 40.3 Å². The third kappa shape index (κ3) is 2.42. The van der Waals surface area contributed by atoms with E-state index in [-0.39, 0.29) is 0 Å². The summed E-state index contributed by atoms with van der Waals surface area (Å²) < 4.78 is 5.88. The summed E-state index contributed by atoms with van der Waals surface area (Å²) in [5, 5.41) is 0. The van der Waals surface area contributed by atoms with Crippen molar-refractivity contribution < 1.29 is 4.74 Å². The predicted octanol–water partition coefficient (Wildman–Crippen LogP) is 1.26. The van der Waals surface area contributed by atoms with E-state index in [0.29, 0.717) is 22.8 Å². The van der Waals surface area contributed by atoms with E-state index >= 15 is 0 Å². The molecule has 2 N–H and O–H groups in total. The standard InChI is InChI=1S/C13H18N4OS/c14-12(19)11-13(16-6-5-15-11)17-7-8-18-10-4-2-1-3-9(10)17/h5-6,9-10H,1-4,7-8H2,(H2,14,19). The zero-order valence-electron chi connectivity index (χ0n) is 10.8. The lowest BCUT2D eigenvalue weighted by Crippen LogP contribution is -2.53. The Labute approximate surface area is 118 Å². The molecule has 1 aliphatic carbocycles. The van der Waals surface area contributed by atoms with E-state index in [9.17, 15) is 0 Å². The zero-order valence-corrected chi connectivity index (χ0v) is 11.6. The summed E-state index contributed by atoms with van der Waals surface area (Å²) in [6.07, 6.45) is 8.40. The van der Waals surface area contributed by atoms with Gasteiger partial charge in [0.05, 0.1) is 18.8 Å². The monoisotopic (exact) mass is 278 g/mol. The molecular weight excluding hydrogens is 260 g/mol. The Balaban J connectivity index is 1.94. The minimum absolute atomic E-state index is 0.307. The lowest BCUT2D eigenvalue weighted by Gasteiger charge is -2.44. The molecule has 0 aromatic carbocycles. The molecule has 102 valence electrons. The highest BCUT2D eigenvalue weighted by atomic mass is 32.1. The number of ether oxygens (including phenoxy) is 1. The molecule has 1 aliphatic heterocycles. The average molecular weight is 278 g/mol. The van der Waals surface area contributed by atoms with Crippen LogP contribution in [0, 0.1) is 0 Å². The van der Waals surface area contributed by atoms with Gasteiger partial charge in [-0.05, 0) is 12.8 Å². The number of anilines is 1. The van der Waals surface area contributed by atoms with Crippen LogP contribution < -0.4 is 10.6 Å². The number of aromatic nitrogens is 2. The number of fused-ring (bicyclic) bond motifs is 1. The maximum Gasteiger partial charge on any atom is 0.158 e. The lowest BCUT2D eigenvalue weighted by atomic mass is 9.90. The fourth-order valence-electron chi connectivity index (χ4n) is 3.07. The Hall–Kier alpha value is -1.27. The summed E-state index contributed by atoms with van der Waals surface area (Å²) in [6.45, 7) is 1.56. The first-order chi connectivity index (χ1) is 9.27. The maximum absolute atomic E-state index is 5.88. The van der Waals surface area contributed by atoms with Crippen LogP contribution in [0.3, 0.4) is 0 Å². The van der Waals surface area contributed by atoms with E-state index in [1.165, 1.54) is 12.8 Å². The smallest absolute Gasteiger partial charge is 0.158 e. The van der Waals surface area contributed by atoms with Crippen molar-refractivity contribution in [1.29, 1.82) is 0 Å². The zero-order chi connectivity index (χ0) is 13.2. The SMILES string of the molecule is NC(=S)c1nccnc1N1CCOC2CCCCC21. The molecule has 1 saturated heterocycles. The average Bonchev–Trinajstić information content (AvgIpc) is 2.46. The van der Waals surface area contributed by atoms with Gasteiger partial charge in [0.2, 0.25) is 0 Å². The minimum atomic E-state index is 0.307. The molecule has 0 bridgehead atoms. The van der Waals surface area contributed by atoms with Gasteiger partial charge < -0.3 is 15.4 Å². The largest absolute Gasteiger partial charge is 0.388 e. The molecule has 2 heterocycles. The number of morpholine rings is 1. The van der Waals surface area contributed by atoms with E-state index in [0.717, 1.165) is 31.8 Å². The molecule has 1 aromatic rings. The van der Waals surface area contributed by atoms with Gasteiger partial charge in [-0.1, -0.05) is 25.1 Å². The molecule has 2 aliphatic rings. The van der Waals surface area contributed by atoms with Crippen molar-refractivity contribution in [3.05, 3.63) is 18.1 Å². The second-order valence-corrected chi connectivity index (χ2v) is 5.49. The van der Waals surface area contributed by atoms with E-state index in [2.05, 4.69) is 14.9 Å². The van der Waals surface area contributed by atoms with Crippen molar-refractivity contribution in [2.45, 2.75) is 37.8 Å². The van der Waals surface area contributed by atoms with Crippen molar-refractivity contribution in [3.63, 3.8) is 0 Å². The van der Waals surface area contributed by atoms with Crippen LogP contribution in [0.1, 0.15) is 31.4 Å². The van der Waals surface area contributed by atoms with Gasteiger partial charge in [0.25, 0.3) is 0 Å². The molecule has 2 fully saturated rings. The first kappa shape index (κ1) is 12.7. The highest BCUT2D eigenvalue weighted by molar-refractivity contribution is 7.80. The van der Waals surface area contributed by atoms with Crippen molar-refractivity contribution in [2.24, 2.45) is 5.73 Å². The number of hydrogen-bond donors (Lipinski definition) is 1. The number of nitrogens with zero attached hydrogens (tertiary/aromatic N) is 3. The quantitative estimate of drug-likeness (QED) is 0.822. The van der Waals surface area contributed by atoms with Gasteiger partial charge in [0.1, 0.15) is 10.7 Å². The van der Waals surface area contributed by atoms with E-state index in [1.807, 2.05) is 0 Å². The normalized spacial score (nSPS) is 26.8. The van der Waals surface area contributed by atoms with Crippen molar-refractivity contribution in [2.75, 3.05) is 18.1 Å². The second kappa shape index (κ2) is 5.38. The van der Waals surface area contributed by atoms with Gasteiger partial charge in [0, 0.05) is 18.9 Å². The number of rotatable bonds is 2. The Morgan fingerprint density at radius 3 is 2.95 bits per heavy atom. The third-order valence-corrected chi connectivity index (χ3v) is 4.11. The molecule has 2 unspecified atom stereocenters. The first-order valence-electron chi connectivity index (χ1n) is 6.76. The first-order valence-corrected chi connectivity index (χ1v) is 7.17. The van der Waals surface area contributed by atoms with Crippen LogP contribution in [-0.2, 0) is 4.74 Å². The Kier molecular flexibility index (Phi) is 3.61. The predicted molar refractivity (Wildman–Crippen MR) is 77.3 cm³/mol. The van der Waals surface area contributed by atoms with Crippen molar-refractivity contribution in [3.8, 4) is 0 Å². The van der Waals surface area contributed by atoms with Gasteiger partial charge in [-0.25, -0.2) is 9.97 Å². The van der Waals surface area contributed by atoms with Crippen LogP contribution in [0.2, 0.25) is 0 Å². The number of thiocarbonyl (C=S) groups is 1. The Morgan fingerprint density at radius 1 is 1.32 bits per heavy atom. The van der Waals surface area contributed by atoms with Crippen LogP contribution in [0.15, 0.2) is 12.4 Å². The molecule has 0 spiro atoms. The van der Waals surface area contributed by atoms with Gasteiger partial charge in [-0.3, -0.25) is 0 Å². The van der Waals surface area contributed by atoms with Gasteiger partial charge >= 0.3 is 0 Å². The van der Waals surface area contributed by atoms with E-state index < -0.39 is 0 Å². The van der Waals surface area contributed by atoms with Crippen LogP contribution in [0.4, 0.5) is 5.82 Å². The maximum atomic E-state index is 5.88. The fourth-order valence-corrected chi connectivity index (χ4v) is 3.22. The summed E-state index contributed by atoms with van der Waals surface area (Å²) in [5.74, 6) is 0.815. The highest BCUT2D eigenvalue weighted by Crippen LogP contribution is 2.31. The molecule has 1 aromatic heterocycles. The minimum Gasteiger partial charge on any atom is -0.388 e. The summed E-state index contributed by atoms with van der Waals surface area (Å²) in [4.78, 5) is 11.3. The molecule has 3 rings (SSSR count). The topological polar surface area (TPSA) is 64.3 Å². The fraction of sp³-hybridized carbons (Fsp3) is 0.615. The Bertz CT molecular complexity index is 479. The van der Waals surface area contributed by atoms with Gasteiger partial charge in [-0.2, -0.15) is 0 Å². The molecule has 1 saturated carbocycles. The summed E-state index contributed by atoms with van der Waals surface area (Å²) in [6, 6.07) is 0.382. The second-order valence-electron chi connectivity index (χ2n) is 5.05. The van der Waals surface area contributed by atoms with Crippen LogP contribution in [0.5, 0.6) is 0 Å². The highest BCUT2D eigenvalue weighted by Gasteiger charge is 2.36. The lowest BCUT2D eigenvalue weighted by molar-refractivity contribution is -0.00902. The third-order valence-electron chi connectivity index (χ3n) is 3.92. The molecule has 2 atom stereocenters. The van der Waals surface area contributed by atoms with Gasteiger partial charge in [-0.15, -0.1) is 0 Å². The molecule has 0 amide bonds. The van der Waals surface area contributed by atoms with Crippen LogP contribution in [0.25, 0.3) is 0 Å². The molecule has 5 nitrogen and oxygen atoms in total. The number of hydrogen-bond acceptors (Lipinski definition) is 5. The molecule has 19 heavy (non-hydrogen) atoms. The van der Waals surface area contributed by atoms with Crippen molar-refractivity contribution >= 4 is 23.0 Å². The van der Waals surface area contributed by atoms with Gasteiger partial charge in [0.15, 0.2) is 5.82 Å². The summed E-state index contributed by atoms with van der Waals surface area (Å²) >= 11 is 5.08. The summed E-state index contributed by atoms with van der Waals surface area (Å²) in [5.41, 5.74) is 6.39. The van der Waals surface area contributed by atoms with Crippen LogP contribution >= 0.6 is 12.2 Å². The number of nitrogens with two attached hydrogens (primary N) is 1. The molecule has 0 radical (unpaired) electrons.